The number of hydrogen-bond acceptors (Lipinski definition) is 5. The molecule has 0 aliphatic carbocycles. The Hall–Kier alpha value is -2.15. The van der Waals surface area contributed by atoms with Gasteiger partial charge in [0.05, 0.1) is 0 Å². The van der Waals surface area contributed by atoms with Crippen LogP contribution in [0.1, 0.15) is 29.9 Å². The maximum Gasteiger partial charge on any atom is 0.269 e. The number of carbonyl (C=O) groups excluding carboxylic acids is 1. The monoisotopic (exact) mass is 279 g/mol. The summed E-state index contributed by atoms with van der Waals surface area (Å²) in [6.45, 7) is 4.56. The topological polar surface area (TPSA) is 104 Å². The summed E-state index contributed by atoms with van der Waals surface area (Å²) >= 11 is 0. The Kier molecular flexibility index (Phi) is 5.04. The Morgan fingerprint density at radius 3 is 2.60 bits per heavy atom. The molecule has 0 aromatic carbocycles. The Balaban J connectivity index is 2.70. The van der Waals surface area contributed by atoms with E-state index in [0.717, 1.165) is 0 Å². The van der Waals surface area contributed by atoms with Gasteiger partial charge < -0.3 is 21.2 Å². The summed E-state index contributed by atoms with van der Waals surface area (Å²) in [7, 11) is 3.91. The minimum atomic E-state index is -0.258. The summed E-state index contributed by atoms with van der Waals surface area (Å²) in [5.74, 6) is -0.302. The number of nitrogens with one attached hydrogen (secondary N) is 1. The van der Waals surface area contributed by atoms with Crippen molar-refractivity contribution in [2.45, 2.75) is 19.4 Å². The average Bonchev–Trinajstić information content (AvgIpc) is 2.44. The predicted molar refractivity (Wildman–Crippen MR) is 76.8 cm³/mol. The molecule has 0 spiro atoms. The van der Waals surface area contributed by atoms with Crippen LogP contribution in [0.25, 0.3) is 0 Å². The third kappa shape index (κ3) is 3.92. The molecule has 1 aromatic heterocycles. The number of amidine groups is 1. The van der Waals surface area contributed by atoms with Gasteiger partial charge in [0.25, 0.3) is 5.91 Å². The van der Waals surface area contributed by atoms with E-state index in [9.17, 15) is 4.79 Å². The van der Waals surface area contributed by atoms with E-state index in [-0.39, 0.29) is 23.0 Å². The second kappa shape index (κ2) is 6.33. The molecule has 110 valence electrons. The van der Waals surface area contributed by atoms with Gasteiger partial charge in [0.1, 0.15) is 5.69 Å². The molecular weight excluding hydrogens is 258 g/mol. The molecule has 0 fully saturated rings. The van der Waals surface area contributed by atoms with Crippen molar-refractivity contribution in [3.05, 3.63) is 29.6 Å². The van der Waals surface area contributed by atoms with Gasteiger partial charge >= 0.3 is 0 Å². The number of likely N-dealkylation sites (N-methyl/N-ethyl adjacent to an activating group) is 1. The molecular formula is C13H21N5O2. The van der Waals surface area contributed by atoms with Crippen molar-refractivity contribution >= 4 is 11.7 Å². The van der Waals surface area contributed by atoms with Crippen LogP contribution in [-0.2, 0) is 0 Å². The Morgan fingerprint density at radius 2 is 2.15 bits per heavy atom. The molecule has 0 atom stereocenters. The zero-order valence-corrected chi connectivity index (χ0v) is 12.2. The Labute approximate surface area is 118 Å². The number of hydrogen-bond donors (Lipinski definition) is 3. The molecule has 20 heavy (non-hydrogen) atoms. The normalized spacial score (nSPS) is 12.6. The second-order valence-electron chi connectivity index (χ2n) is 5.31. The summed E-state index contributed by atoms with van der Waals surface area (Å²) in [6, 6.07) is 3.11. The number of amides is 1. The fourth-order valence-electron chi connectivity index (χ4n) is 1.28. The molecule has 4 N–H and O–H groups in total. The van der Waals surface area contributed by atoms with Gasteiger partial charge in [0, 0.05) is 23.8 Å². The highest BCUT2D eigenvalue weighted by Crippen LogP contribution is 2.08. The minimum Gasteiger partial charge on any atom is -0.409 e. The smallest absolute Gasteiger partial charge is 0.269 e. The van der Waals surface area contributed by atoms with Gasteiger partial charge in [-0.15, -0.1) is 0 Å². The van der Waals surface area contributed by atoms with Crippen LogP contribution < -0.4 is 11.1 Å². The van der Waals surface area contributed by atoms with Crippen molar-refractivity contribution in [2.75, 3.05) is 20.6 Å². The molecule has 0 bridgehead atoms. The van der Waals surface area contributed by atoms with Gasteiger partial charge in [0.2, 0.25) is 0 Å². The van der Waals surface area contributed by atoms with Crippen LogP contribution in [0.4, 0.5) is 0 Å². The van der Waals surface area contributed by atoms with E-state index in [2.05, 4.69) is 15.5 Å². The molecule has 1 amide bonds. The number of nitrogens with zero attached hydrogens (tertiary/aromatic N) is 3. The molecule has 0 saturated heterocycles. The maximum atomic E-state index is 12.0. The lowest BCUT2D eigenvalue weighted by molar-refractivity contribution is 0.0914. The fourth-order valence-corrected chi connectivity index (χ4v) is 1.28. The molecule has 0 radical (unpaired) electrons. The van der Waals surface area contributed by atoms with Gasteiger partial charge in [0.15, 0.2) is 5.84 Å². The van der Waals surface area contributed by atoms with Crippen LogP contribution in [0, 0.1) is 0 Å². The predicted octanol–water partition coefficient (Wildman–Crippen LogP) is 0.246. The molecule has 0 saturated carbocycles. The first-order valence-corrected chi connectivity index (χ1v) is 6.17. The number of pyridine rings is 1. The van der Waals surface area contributed by atoms with Gasteiger partial charge in [-0.2, -0.15) is 0 Å². The largest absolute Gasteiger partial charge is 0.409 e. The second-order valence-corrected chi connectivity index (χ2v) is 5.31. The minimum absolute atomic E-state index is 0.0433. The highest BCUT2D eigenvalue weighted by molar-refractivity contribution is 5.98. The molecule has 0 aliphatic rings. The fraction of sp³-hybridized carbons (Fsp3) is 0.462. The van der Waals surface area contributed by atoms with Crippen molar-refractivity contribution in [1.29, 1.82) is 0 Å². The first-order chi connectivity index (χ1) is 9.27. The van der Waals surface area contributed by atoms with Crippen LogP contribution in [-0.4, -0.2) is 53.0 Å². The number of nitrogens with two attached hydrogens (primary N) is 1. The lowest BCUT2D eigenvalue weighted by Crippen LogP contribution is -2.48. The number of carbonyl (C=O) groups is 1. The third-order valence-electron chi connectivity index (χ3n) is 3.29. The first-order valence-electron chi connectivity index (χ1n) is 6.17. The molecule has 1 heterocycles. The number of aromatic nitrogens is 1. The van der Waals surface area contributed by atoms with E-state index in [1.165, 1.54) is 12.3 Å². The zero-order valence-electron chi connectivity index (χ0n) is 12.2. The molecule has 7 heteroatoms. The summed E-state index contributed by atoms with van der Waals surface area (Å²) in [5, 5.41) is 14.2. The average molecular weight is 279 g/mol. The van der Waals surface area contributed by atoms with Gasteiger partial charge in [-0.05, 0) is 40.1 Å². The molecule has 1 rings (SSSR count). The van der Waals surface area contributed by atoms with Gasteiger partial charge in [-0.1, -0.05) is 5.16 Å². The van der Waals surface area contributed by atoms with E-state index in [0.29, 0.717) is 12.1 Å². The van der Waals surface area contributed by atoms with E-state index in [4.69, 9.17) is 10.9 Å². The molecule has 0 unspecified atom stereocenters. The lowest BCUT2D eigenvalue weighted by Gasteiger charge is -2.32. The van der Waals surface area contributed by atoms with E-state index >= 15 is 0 Å². The molecule has 1 aromatic rings. The van der Waals surface area contributed by atoms with E-state index in [1.807, 2.05) is 32.8 Å². The Bertz CT molecular complexity index is 494. The summed E-state index contributed by atoms with van der Waals surface area (Å²) < 4.78 is 0. The van der Waals surface area contributed by atoms with Crippen LogP contribution in [0.3, 0.4) is 0 Å². The highest BCUT2D eigenvalue weighted by atomic mass is 16.4. The summed E-state index contributed by atoms with van der Waals surface area (Å²) in [4.78, 5) is 18.0. The van der Waals surface area contributed by atoms with Crippen molar-refractivity contribution in [2.24, 2.45) is 10.9 Å². The van der Waals surface area contributed by atoms with Crippen LogP contribution in [0.5, 0.6) is 0 Å². The molecule has 7 nitrogen and oxygen atoms in total. The maximum absolute atomic E-state index is 12.0. The number of rotatable bonds is 5. The zero-order chi connectivity index (χ0) is 15.3. The standard InChI is InChI=1S/C13H21N5O2/c1-13(2,18(3)4)8-16-12(19)10-6-5-9(7-15-10)11(14)17-20/h5-7,20H,8H2,1-4H3,(H2,14,17)(H,16,19). The third-order valence-corrected chi connectivity index (χ3v) is 3.29. The van der Waals surface area contributed by atoms with E-state index in [1.54, 1.807) is 6.07 Å². The van der Waals surface area contributed by atoms with Crippen molar-refractivity contribution < 1.29 is 10.0 Å². The quantitative estimate of drug-likeness (QED) is 0.310. The summed E-state index contributed by atoms with van der Waals surface area (Å²) in [6.07, 6.45) is 1.39. The van der Waals surface area contributed by atoms with Crippen molar-refractivity contribution in [3.63, 3.8) is 0 Å². The van der Waals surface area contributed by atoms with Crippen LogP contribution in [0.15, 0.2) is 23.5 Å². The van der Waals surface area contributed by atoms with Crippen LogP contribution in [0.2, 0.25) is 0 Å². The first kappa shape index (κ1) is 15.9. The number of oxime groups is 1. The van der Waals surface area contributed by atoms with E-state index < -0.39 is 0 Å². The summed E-state index contributed by atoms with van der Waals surface area (Å²) in [5.41, 5.74) is 6.02. The Morgan fingerprint density at radius 1 is 1.50 bits per heavy atom. The van der Waals surface area contributed by atoms with Crippen LogP contribution >= 0.6 is 0 Å². The van der Waals surface area contributed by atoms with Gasteiger partial charge in [-0.3, -0.25) is 9.78 Å². The van der Waals surface area contributed by atoms with Gasteiger partial charge in [-0.25, -0.2) is 0 Å². The highest BCUT2D eigenvalue weighted by Gasteiger charge is 2.21. The SMILES string of the molecule is CN(C)C(C)(C)CNC(=O)c1ccc(C(N)=NO)cn1. The van der Waals surface area contributed by atoms with Crippen molar-refractivity contribution in [3.8, 4) is 0 Å². The van der Waals surface area contributed by atoms with Crippen molar-refractivity contribution in [1.82, 2.24) is 15.2 Å². The molecule has 0 aliphatic heterocycles. The lowest BCUT2D eigenvalue weighted by atomic mass is 10.0.